The molecule has 2 saturated heterocycles. The van der Waals surface area contributed by atoms with Crippen molar-refractivity contribution >= 4 is 23.2 Å². The first kappa shape index (κ1) is 13.9. The summed E-state index contributed by atoms with van der Waals surface area (Å²) in [5.74, 6) is -0.0130. The van der Waals surface area contributed by atoms with Gasteiger partial charge in [0.05, 0.1) is 22.9 Å². The van der Waals surface area contributed by atoms with E-state index in [-0.39, 0.29) is 18.1 Å². The quantitative estimate of drug-likeness (QED) is 0.863. The van der Waals surface area contributed by atoms with Crippen molar-refractivity contribution in [1.29, 1.82) is 0 Å². The Kier molecular flexibility index (Phi) is 3.96. The molecule has 0 bridgehead atoms. The van der Waals surface area contributed by atoms with Gasteiger partial charge in [-0.15, -0.1) is 0 Å². The van der Waals surface area contributed by atoms with Crippen LogP contribution in [-0.4, -0.2) is 37.7 Å². The summed E-state index contributed by atoms with van der Waals surface area (Å²) < 4.78 is 5.92. The highest BCUT2D eigenvalue weighted by atomic mass is 35.5. The zero-order valence-electron chi connectivity index (χ0n) is 11.4. The van der Waals surface area contributed by atoms with Gasteiger partial charge < -0.3 is 15.0 Å². The van der Waals surface area contributed by atoms with Gasteiger partial charge in [-0.1, -0.05) is 23.7 Å². The van der Waals surface area contributed by atoms with Crippen molar-refractivity contribution in [3.05, 3.63) is 29.3 Å². The van der Waals surface area contributed by atoms with Gasteiger partial charge in [0.2, 0.25) is 0 Å². The predicted octanol–water partition coefficient (Wildman–Crippen LogP) is 2.22. The number of carbonyl (C=O) groups excluding carboxylic acids is 1. The maximum atomic E-state index is 12.2. The summed E-state index contributed by atoms with van der Waals surface area (Å²) in [6.45, 7) is 2.69. The van der Waals surface area contributed by atoms with Crippen molar-refractivity contribution in [2.45, 2.75) is 24.9 Å². The lowest BCUT2D eigenvalue weighted by Gasteiger charge is -2.42. The highest BCUT2D eigenvalue weighted by Crippen LogP contribution is 2.34. The van der Waals surface area contributed by atoms with Crippen molar-refractivity contribution in [2.75, 3.05) is 31.1 Å². The molecule has 1 unspecified atom stereocenters. The van der Waals surface area contributed by atoms with Crippen LogP contribution in [-0.2, 0) is 9.53 Å². The molecule has 20 heavy (non-hydrogen) atoms. The fourth-order valence-corrected chi connectivity index (χ4v) is 3.25. The summed E-state index contributed by atoms with van der Waals surface area (Å²) in [6.07, 6.45) is 2.99. The third kappa shape index (κ3) is 2.68. The number of hydrogen-bond acceptors (Lipinski definition) is 3. The van der Waals surface area contributed by atoms with E-state index in [9.17, 15) is 4.79 Å². The van der Waals surface area contributed by atoms with E-state index in [1.54, 1.807) is 4.90 Å². The fraction of sp³-hybridized carbons (Fsp3) is 0.533. The molecular weight excluding hydrogens is 276 g/mol. The molecule has 2 aliphatic heterocycles. The summed E-state index contributed by atoms with van der Waals surface area (Å²) in [7, 11) is 0. The first-order valence-electron chi connectivity index (χ1n) is 7.10. The highest BCUT2D eigenvalue weighted by Gasteiger charge is 2.40. The van der Waals surface area contributed by atoms with Crippen molar-refractivity contribution < 1.29 is 9.53 Å². The van der Waals surface area contributed by atoms with Gasteiger partial charge in [-0.2, -0.15) is 0 Å². The molecule has 2 fully saturated rings. The Morgan fingerprint density at radius 2 is 2.10 bits per heavy atom. The number of para-hydroxylation sites is 1. The number of anilines is 1. The maximum Gasteiger partial charge on any atom is 0.253 e. The Labute approximate surface area is 124 Å². The van der Waals surface area contributed by atoms with Crippen LogP contribution in [0.2, 0.25) is 5.02 Å². The van der Waals surface area contributed by atoms with Crippen molar-refractivity contribution in [3.8, 4) is 0 Å². The van der Waals surface area contributed by atoms with Crippen molar-refractivity contribution in [2.24, 2.45) is 0 Å². The molecule has 0 aromatic heterocycles. The highest BCUT2D eigenvalue weighted by molar-refractivity contribution is 6.33. The number of amides is 1. The second-order valence-electron chi connectivity index (χ2n) is 5.51. The van der Waals surface area contributed by atoms with Crippen LogP contribution in [0, 0.1) is 0 Å². The van der Waals surface area contributed by atoms with E-state index in [4.69, 9.17) is 16.3 Å². The molecule has 108 valence electrons. The standard InChI is InChI=1S/C15H19ClN2O2/c16-12-4-1-2-5-13(12)18-11-15(20-10-14(18)19)6-3-8-17-9-7-15/h1-2,4-5,17H,3,6-11H2. The first-order valence-corrected chi connectivity index (χ1v) is 7.48. The van der Waals surface area contributed by atoms with Gasteiger partial charge in [-0.25, -0.2) is 0 Å². The van der Waals surface area contributed by atoms with E-state index in [0.717, 1.165) is 38.0 Å². The molecule has 1 amide bonds. The van der Waals surface area contributed by atoms with Crippen LogP contribution in [0.5, 0.6) is 0 Å². The minimum Gasteiger partial charge on any atom is -0.363 e. The van der Waals surface area contributed by atoms with E-state index >= 15 is 0 Å². The molecule has 0 aliphatic carbocycles. The van der Waals surface area contributed by atoms with Crippen LogP contribution >= 0.6 is 11.6 Å². The number of morpholine rings is 1. The largest absolute Gasteiger partial charge is 0.363 e. The molecule has 2 heterocycles. The van der Waals surface area contributed by atoms with E-state index in [0.29, 0.717) is 11.6 Å². The maximum absolute atomic E-state index is 12.2. The molecule has 2 aliphatic rings. The van der Waals surface area contributed by atoms with Gasteiger partial charge in [-0.05, 0) is 44.5 Å². The second-order valence-corrected chi connectivity index (χ2v) is 5.91. The number of carbonyl (C=O) groups is 1. The number of rotatable bonds is 1. The van der Waals surface area contributed by atoms with Gasteiger partial charge in [0.25, 0.3) is 5.91 Å². The SMILES string of the molecule is O=C1COC2(CCCNCC2)CN1c1ccccc1Cl. The van der Waals surface area contributed by atoms with Crippen LogP contribution in [0.3, 0.4) is 0 Å². The molecule has 1 atom stereocenters. The monoisotopic (exact) mass is 294 g/mol. The zero-order chi connectivity index (χ0) is 14.0. The number of halogens is 1. The molecule has 1 spiro atoms. The lowest BCUT2D eigenvalue weighted by Crippen LogP contribution is -2.55. The molecule has 4 nitrogen and oxygen atoms in total. The molecule has 1 N–H and O–H groups in total. The minimum absolute atomic E-state index is 0.0130. The number of benzene rings is 1. The van der Waals surface area contributed by atoms with Gasteiger partial charge >= 0.3 is 0 Å². The minimum atomic E-state index is -0.226. The van der Waals surface area contributed by atoms with Crippen molar-refractivity contribution in [3.63, 3.8) is 0 Å². The van der Waals surface area contributed by atoms with Crippen LogP contribution < -0.4 is 10.2 Å². The zero-order valence-corrected chi connectivity index (χ0v) is 12.2. The lowest BCUT2D eigenvalue weighted by molar-refractivity contribution is -0.139. The average molecular weight is 295 g/mol. The molecule has 5 heteroatoms. The fourth-order valence-electron chi connectivity index (χ4n) is 3.01. The molecule has 0 radical (unpaired) electrons. The smallest absolute Gasteiger partial charge is 0.253 e. The van der Waals surface area contributed by atoms with E-state index in [1.807, 2.05) is 24.3 Å². The Balaban J connectivity index is 1.86. The summed E-state index contributed by atoms with van der Waals surface area (Å²) in [5, 5.41) is 4.00. The summed E-state index contributed by atoms with van der Waals surface area (Å²) >= 11 is 6.24. The van der Waals surface area contributed by atoms with E-state index in [1.165, 1.54) is 0 Å². The van der Waals surface area contributed by atoms with Gasteiger partial charge in [0, 0.05) is 0 Å². The predicted molar refractivity (Wildman–Crippen MR) is 79.2 cm³/mol. The molecule has 1 aromatic rings. The molecule has 0 saturated carbocycles. The summed E-state index contributed by atoms with van der Waals surface area (Å²) in [6, 6.07) is 7.50. The number of nitrogens with zero attached hydrogens (tertiary/aromatic N) is 1. The number of nitrogens with one attached hydrogen (secondary N) is 1. The molecular formula is C15H19ClN2O2. The second kappa shape index (κ2) is 5.72. The van der Waals surface area contributed by atoms with Gasteiger partial charge in [0.1, 0.15) is 6.61 Å². The van der Waals surface area contributed by atoms with Gasteiger partial charge in [-0.3, -0.25) is 4.79 Å². The van der Waals surface area contributed by atoms with Gasteiger partial charge in [0.15, 0.2) is 0 Å². The normalized spacial score (nSPS) is 27.6. The summed E-state index contributed by atoms with van der Waals surface area (Å²) in [4.78, 5) is 14.0. The van der Waals surface area contributed by atoms with Crippen molar-refractivity contribution in [1.82, 2.24) is 5.32 Å². The third-order valence-corrected chi connectivity index (χ3v) is 4.46. The number of ether oxygens (including phenoxy) is 1. The Morgan fingerprint density at radius 3 is 2.95 bits per heavy atom. The summed E-state index contributed by atoms with van der Waals surface area (Å²) in [5.41, 5.74) is 0.565. The van der Waals surface area contributed by atoms with E-state index < -0.39 is 0 Å². The van der Waals surface area contributed by atoms with Crippen LogP contribution in [0.25, 0.3) is 0 Å². The Hall–Kier alpha value is -1.10. The Bertz CT molecular complexity index is 498. The van der Waals surface area contributed by atoms with Crippen LogP contribution in [0.15, 0.2) is 24.3 Å². The molecule has 1 aromatic carbocycles. The Morgan fingerprint density at radius 1 is 1.25 bits per heavy atom. The average Bonchev–Trinajstić information content (AvgIpc) is 2.69. The topological polar surface area (TPSA) is 41.6 Å². The van der Waals surface area contributed by atoms with Crippen LogP contribution in [0.4, 0.5) is 5.69 Å². The van der Waals surface area contributed by atoms with E-state index in [2.05, 4.69) is 5.32 Å². The third-order valence-electron chi connectivity index (χ3n) is 4.14. The van der Waals surface area contributed by atoms with Crippen LogP contribution in [0.1, 0.15) is 19.3 Å². The molecule has 3 rings (SSSR count). The number of hydrogen-bond donors (Lipinski definition) is 1. The lowest BCUT2D eigenvalue weighted by atomic mass is 9.92. The first-order chi connectivity index (χ1) is 9.70.